The van der Waals surface area contributed by atoms with E-state index in [0.29, 0.717) is 12.1 Å². The smallest absolute Gasteiger partial charge is 0.251 e. The van der Waals surface area contributed by atoms with Crippen LogP contribution in [0.1, 0.15) is 33.5 Å². The van der Waals surface area contributed by atoms with E-state index in [0.717, 1.165) is 18.4 Å². The van der Waals surface area contributed by atoms with Crippen LogP contribution < -0.4 is 10.6 Å². The second kappa shape index (κ2) is 7.09. The van der Waals surface area contributed by atoms with Crippen LogP contribution in [-0.4, -0.2) is 18.4 Å². The Bertz CT molecular complexity index is 711. The fourth-order valence-electron chi connectivity index (χ4n) is 2.85. The van der Waals surface area contributed by atoms with Crippen LogP contribution in [0.3, 0.4) is 0 Å². The molecule has 2 amide bonds. The largest absolute Gasteiger partial charge is 0.350 e. The summed E-state index contributed by atoms with van der Waals surface area (Å²) in [6, 6.07) is 15.3. The topological polar surface area (TPSA) is 58.2 Å². The molecule has 0 fully saturated rings. The first-order valence-electron chi connectivity index (χ1n) is 7.93. The molecule has 2 aromatic rings. The highest BCUT2D eigenvalue weighted by Crippen LogP contribution is 2.22. The van der Waals surface area contributed by atoms with Gasteiger partial charge in [0.15, 0.2) is 0 Å². The summed E-state index contributed by atoms with van der Waals surface area (Å²) in [6.45, 7) is 0.478. The van der Waals surface area contributed by atoms with E-state index in [1.165, 1.54) is 17.5 Å². The monoisotopic (exact) mass is 308 g/mol. The van der Waals surface area contributed by atoms with Gasteiger partial charge in [-0.25, -0.2) is 0 Å². The molecule has 1 aliphatic carbocycles. The maximum atomic E-state index is 11.9. The summed E-state index contributed by atoms with van der Waals surface area (Å²) >= 11 is 0. The molecule has 1 aliphatic rings. The predicted octanol–water partition coefficient (Wildman–Crippen LogP) is 2.22. The fourth-order valence-corrected chi connectivity index (χ4v) is 2.85. The molecule has 0 spiro atoms. The second-order valence-electron chi connectivity index (χ2n) is 5.78. The van der Waals surface area contributed by atoms with Crippen molar-refractivity contribution in [2.45, 2.75) is 25.8 Å². The summed E-state index contributed by atoms with van der Waals surface area (Å²) in [5, 5.41) is 5.47. The maximum absolute atomic E-state index is 11.9. The summed E-state index contributed by atoms with van der Waals surface area (Å²) in [7, 11) is 0. The first-order chi connectivity index (χ1) is 11.2. The van der Waals surface area contributed by atoms with Crippen LogP contribution in [0.5, 0.6) is 0 Å². The van der Waals surface area contributed by atoms with Crippen LogP contribution in [0, 0.1) is 0 Å². The van der Waals surface area contributed by atoms with Gasteiger partial charge in [-0.1, -0.05) is 36.4 Å². The van der Waals surface area contributed by atoms with E-state index < -0.39 is 0 Å². The van der Waals surface area contributed by atoms with Crippen LogP contribution in [0.4, 0.5) is 0 Å². The molecule has 4 nitrogen and oxygen atoms in total. The van der Waals surface area contributed by atoms with Gasteiger partial charge in [-0.2, -0.15) is 0 Å². The van der Waals surface area contributed by atoms with Crippen LogP contribution in [0.15, 0.2) is 48.5 Å². The minimum atomic E-state index is -0.238. The number of hydrogen-bond acceptors (Lipinski definition) is 2. The van der Waals surface area contributed by atoms with Crippen molar-refractivity contribution in [3.63, 3.8) is 0 Å². The van der Waals surface area contributed by atoms with Gasteiger partial charge >= 0.3 is 0 Å². The van der Waals surface area contributed by atoms with Gasteiger partial charge in [-0.15, -0.1) is 0 Å². The van der Waals surface area contributed by atoms with Crippen LogP contribution in [-0.2, 0) is 24.2 Å². The second-order valence-corrected chi connectivity index (χ2v) is 5.78. The Kier molecular flexibility index (Phi) is 4.71. The van der Waals surface area contributed by atoms with Gasteiger partial charge in [0, 0.05) is 12.1 Å². The van der Waals surface area contributed by atoms with Gasteiger partial charge in [0.1, 0.15) is 0 Å². The highest BCUT2D eigenvalue weighted by Gasteiger charge is 2.11. The number of benzene rings is 2. The summed E-state index contributed by atoms with van der Waals surface area (Å²) in [5.74, 6) is -0.423. The Hall–Kier alpha value is -2.62. The molecule has 0 saturated heterocycles. The van der Waals surface area contributed by atoms with E-state index in [2.05, 4.69) is 28.8 Å². The van der Waals surface area contributed by atoms with Gasteiger partial charge in [0.2, 0.25) is 5.91 Å². The van der Waals surface area contributed by atoms with E-state index in [1.807, 2.05) is 6.07 Å². The Morgan fingerprint density at radius 3 is 2.52 bits per heavy atom. The quantitative estimate of drug-likeness (QED) is 0.890. The summed E-state index contributed by atoms with van der Waals surface area (Å²) in [4.78, 5) is 23.7. The van der Waals surface area contributed by atoms with Crippen molar-refractivity contribution in [2.75, 3.05) is 6.54 Å². The standard InChI is InChI=1S/C19H20N2O2/c22-18(13-21-19(23)16-5-2-1-3-6-16)20-12-14-9-10-15-7-4-8-17(15)11-14/h1-3,5-6,9-11H,4,7-8,12-13H2,(H,20,22)(H,21,23). The van der Waals surface area contributed by atoms with Gasteiger partial charge in [-0.3, -0.25) is 9.59 Å². The Balaban J connectivity index is 1.46. The van der Waals surface area contributed by atoms with Crippen molar-refractivity contribution in [3.05, 3.63) is 70.8 Å². The number of fused-ring (bicyclic) bond motifs is 1. The lowest BCUT2D eigenvalue weighted by atomic mass is 10.1. The van der Waals surface area contributed by atoms with E-state index >= 15 is 0 Å². The predicted molar refractivity (Wildman–Crippen MR) is 89.1 cm³/mol. The van der Waals surface area contributed by atoms with Crippen LogP contribution in [0.25, 0.3) is 0 Å². The van der Waals surface area contributed by atoms with Gasteiger partial charge < -0.3 is 10.6 Å². The van der Waals surface area contributed by atoms with E-state index in [-0.39, 0.29) is 18.4 Å². The highest BCUT2D eigenvalue weighted by atomic mass is 16.2. The lowest BCUT2D eigenvalue weighted by Gasteiger charge is -2.08. The molecule has 0 aliphatic heterocycles. The molecular weight excluding hydrogens is 288 g/mol. The number of carbonyl (C=O) groups excluding carboxylic acids is 2. The van der Waals surface area contributed by atoms with Crippen molar-refractivity contribution >= 4 is 11.8 Å². The lowest BCUT2D eigenvalue weighted by molar-refractivity contribution is -0.120. The molecule has 0 radical (unpaired) electrons. The summed E-state index contributed by atoms with van der Waals surface area (Å²) in [5.41, 5.74) is 4.48. The third kappa shape index (κ3) is 3.97. The lowest BCUT2D eigenvalue weighted by Crippen LogP contribution is -2.36. The van der Waals surface area contributed by atoms with Crippen molar-refractivity contribution in [3.8, 4) is 0 Å². The Morgan fingerprint density at radius 2 is 1.70 bits per heavy atom. The Morgan fingerprint density at radius 1 is 0.913 bits per heavy atom. The molecular formula is C19H20N2O2. The minimum absolute atomic E-state index is 0.0152. The number of nitrogens with one attached hydrogen (secondary N) is 2. The number of hydrogen-bond donors (Lipinski definition) is 2. The molecule has 4 heteroatoms. The SMILES string of the molecule is O=C(CNC(=O)c1ccccc1)NCc1ccc2c(c1)CCC2. The summed E-state index contributed by atoms with van der Waals surface area (Å²) < 4.78 is 0. The number of aryl methyl sites for hydroxylation is 2. The number of amides is 2. The van der Waals surface area contributed by atoms with E-state index in [1.54, 1.807) is 24.3 Å². The Labute approximate surface area is 135 Å². The van der Waals surface area contributed by atoms with Crippen LogP contribution in [0.2, 0.25) is 0 Å². The maximum Gasteiger partial charge on any atom is 0.251 e. The average Bonchev–Trinajstić information content (AvgIpc) is 3.06. The third-order valence-electron chi connectivity index (χ3n) is 4.10. The van der Waals surface area contributed by atoms with Crippen molar-refractivity contribution in [2.24, 2.45) is 0 Å². The van der Waals surface area contributed by atoms with Gasteiger partial charge in [-0.05, 0) is 48.1 Å². The highest BCUT2D eigenvalue weighted by molar-refractivity contribution is 5.96. The molecule has 2 N–H and O–H groups in total. The number of carbonyl (C=O) groups is 2. The van der Waals surface area contributed by atoms with Crippen molar-refractivity contribution < 1.29 is 9.59 Å². The number of rotatable bonds is 5. The molecule has 3 rings (SSSR count). The fraction of sp³-hybridized carbons (Fsp3) is 0.263. The molecule has 0 heterocycles. The zero-order valence-electron chi connectivity index (χ0n) is 13.0. The molecule has 0 atom stereocenters. The molecule has 118 valence electrons. The molecule has 2 aromatic carbocycles. The average molecular weight is 308 g/mol. The third-order valence-corrected chi connectivity index (χ3v) is 4.10. The molecule has 0 unspecified atom stereocenters. The summed E-state index contributed by atoms with van der Waals surface area (Å²) in [6.07, 6.45) is 3.51. The molecule has 23 heavy (non-hydrogen) atoms. The van der Waals surface area contributed by atoms with Crippen molar-refractivity contribution in [1.82, 2.24) is 10.6 Å². The molecule has 0 aromatic heterocycles. The van der Waals surface area contributed by atoms with E-state index in [9.17, 15) is 9.59 Å². The van der Waals surface area contributed by atoms with Gasteiger partial charge in [0.05, 0.1) is 6.54 Å². The molecule has 0 bridgehead atoms. The van der Waals surface area contributed by atoms with Gasteiger partial charge in [0.25, 0.3) is 5.91 Å². The first kappa shape index (κ1) is 15.3. The minimum Gasteiger partial charge on any atom is -0.350 e. The molecule has 0 saturated carbocycles. The van der Waals surface area contributed by atoms with Crippen LogP contribution >= 0.6 is 0 Å². The zero-order valence-corrected chi connectivity index (χ0v) is 13.0. The normalized spacial score (nSPS) is 12.5. The zero-order chi connectivity index (χ0) is 16.1. The van der Waals surface area contributed by atoms with Crippen molar-refractivity contribution in [1.29, 1.82) is 0 Å². The van der Waals surface area contributed by atoms with E-state index in [4.69, 9.17) is 0 Å². The first-order valence-corrected chi connectivity index (χ1v) is 7.93.